The standard InChI is InChI=1S/C29H27N7OS/c1-16-5-8-24(38-16)21-14-31-15-23-26(21)34-28(33-23)27-20-10-17(6-7-22(20)35-36-27)18-9-19(13-30-12-18)32-25(37)11-29(2,3)4/h5-10,12-15H,11H2,1-4H3,(H,32,37)(H,33,34)(H,35,36). The molecule has 0 fully saturated rings. The van der Waals surface area contributed by atoms with Gasteiger partial charge in [0.2, 0.25) is 5.91 Å². The molecule has 0 radical (unpaired) electrons. The molecule has 0 aliphatic carbocycles. The first-order valence-electron chi connectivity index (χ1n) is 12.4. The van der Waals surface area contributed by atoms with Crippen LogP contribution in [-0.2, 0) is 4.79 Å². The Kier molecular flexibility index (Phi) is 5.80. The number of aryl methyl sites for hydroxylation is 1. The van der Waals surface area contributed by atoms with E-state index in [1.165, 1.54) is 4.88 Å². The minimum absolute atomic E-state index is 0.0273. The minimum atomic E-state index is -0.0892. The van der Waals surface area contributed by atoms with Gasteiger partial charge in [0.05, 0.1) is 29.1 Å². The van der Waals surface area contributed by atoms with Crippen molar-refractivity contribution in [2.45, 2.75) is 34.1 Å². The Labute approximate surface area is 223 Å². The molecule has 0 saturated carbocycles. The van der Waals surface area contributed by atoms with Gasteiger partial charge in [0.25, 0.3) is 0 Å². The predicted octanol–water partition coefficient (Wildman–Crippen LogP) is 6.97. The maximum atomic E-state index is 12.4. The third kappa shape index (κ3) is 4.68. The van der Waals surface area contributed by atoms with Crippen LogP contribution in [0.5, 0.6) is 0 Å². The number of H-pyrrole nitrogens is 2. The smallest absolute Gasteiger partial charge is 0.224 e. The largest absolute Gasteiger partial charge is 0.335 e. The van der Waals surface area contributed by atoms with Gasteiger partial charge in [0, 0.05) is 45.1 Å². The summed E-state index contributed by atoms with van der Waals surface area (Å²) in [5.41, 5.74) is 6.81. The Morgan fingerprint density at radius 2 is 1.82 bits per heavy atom. The van der Waals surface area contributed by atoms with Crippen molar-refractivity contribution in [3.05, 3.63) is 66.1 Å². The van der Waals surface area contributed by atoms with Crippen LogP contribution < -0.4 is 5.32 Å². The number of imidazole rings is 1. The molecule has 1 aromatic carbocycles. The number of carbonyl (C=O) groups excluding carboxylic acids is 1. The van der Waals surface area contributed by atoms with Crippen molar-refractivity contribution in [1.82, 2.24) is 30.1 Å². The summed E-state index contributed by atoms with van der Waals surface area (Å²) in [4.78, 5) is 32.0. The second-order valence-electron chi connectivity index (χ2n) is 10.7. The van der Waals surface area contributed by atoms with E-state index in [1.807, 2.05) is 45.2 Å². The lowest BCUT2D eigenvalue weighted by Gasteiger charge is -2.17. The van der Waals surface area contributed by atoms with Gasteiger partial charge >= 0.3 is 0 Å². The lowest BCUT2D eigenvalue weighted by Crippen LogP contribution is -2.19. The molecule has 0 spiro atoms. The van der Waals surface area contributed by atoms with Crippen LogP contribution in [0.15, 0.2) is 61.2 Å². The quantitative estimate of drug-likeness (QED) is 0.227. The normalized spacial score (nSPS) is 11.9. The number of fused-ring (bicyclic) bond motifs is 2. The fraction of sp³-hybridized carbons (Fsp3) is 0.207. The topological polar surface area (TPSA) is 112 Å². The van der Waals surface area contributed by atoms with Gasteiger partial charge in [-0.3, -0.25) is 19.9 Å². The average Bonchev–Trinajstić information content (AvgIpc) is 3.60. The van der Waals surface area contributed by atoms with Gasteiger partial charge in [-0.1, -0.05) is 26.8 Å². The summed E-state index contributed by atoms with van der Waals surface area (Å²) in [5, 5.41) is 11.6. The van der Waals surface area contributed by atoms with E-state index in [0.29, 0.717) is 17.9 Å². The highest BCUT2D eigenvalue weighted by atomic mass is 32.1. The molecule has 0 saturated heterocycles. The second-order valence-corrected chi connectivity index (χ2v) is 11.9. The first-order chi connectivity index (χ1) is 18.2. The van der Waals surface area contributed by atoms with E-state index in [4.69, 9.17) is 4.98 Å². The molecule has 5 heterocycles. The van der Waals surface area contributed by atoms with Crippen LogP contribution in [0.2, 0.25) is 0 Å². The molecule has 38 heavy (non-hydrogen) atoms. The monoisotopic (exact) mass is 521 g/mol. The summed E-state index contributed by atoms with van der Waals surface area (Å²) < 4.78 is 0. The van der Waals surface area contributed by atoms with E-state index < -0.39 is 0 Å². The molecule has 0 aliphatic heterocycles. The summed E-state index contributed by atoms with van der Waals surface area (Å²) >= 11 is 1.72. The summed E-state index contributed by atoms with van der Waals surface area (Å²) in [6, 6.07) is 12.2. The molecule has 0 aliphatic rings. The number of anilines is 1. The Bertz CT molecular complexity index is 1800. The van der Waals surface area contributed by atoms with E-state index in [0.717, 1.165) is 49.2 Å². The van der Waals surface area contributed by atoms with Gasteiger partial charge < -0.3 is 10.3 Å². The SMILES string of the molecule is Cc1ccc(-c2cncc3[nH]c(-c4n[nH]c5ccc(-c6cncc(NC(=O)CC(C)(C)C)c6)cc45)nc23)s1. The first-order valence-corrected chi connectivity index (χ1v) is 13.2. The van der Waals surface area contributed by atoms with Crippen LogP contribution in [0.1, 0.15) is 32.1 Å². The van der Waals surface area contributed by atoms with Crippen LogP contribution in [0.3, 0.4) is 0 Å². The highest BCUT2D eigenvalue weighted by molar-refractivity contribution is 7.15. The predicted molar refractivity (Wildman–Crippen MR) is 153 cm³/mol. The van der Waals surface area contributed by atoms with E-state index >= 15 is 0 Å². The molecule has 5 aromatic heterocycles. The Morgan fingerprint density at radius 1 is 0.974 bits per heavy atom. The molecule has 8 nitrogen and oxygen atoms in total. The number of aromatic nitrogens is 6. The molecule has 3 N–H and O–H groups in total. The summed E-state index contributed by atoms with van der Waals surface area (Å²) in [6.45, 7) is 8.22. The molecule has 1 amide bonds. The number of hydrogen-bond donors (Lipinski definition) is 3. The second kappa shape index (κ2) is 9.18. The molecule has 0 unspecified atom stereocenters. The lowest BCUT2D eigenvalue weighted by molar-refractivity contribution is -0.117. The van der Waals surface area contributed by atoms with E-state index in [-0.39, 0.29) is 11.3 Å². The summed E-state index contributed by atoms with van der Waals surface area (Å²) in [7, 11) is 0. The fourth-order valence-electron chi connectivity index (χ4n) is 4.53. The van der Waals surface area contributed by atoms with Crippen LogP contribution in [0.25, 0.3) is 55.0 Å². The Balaban J connectivity index is 1.36. The zero-order chi connectivity index (χ0) is 26.4. The fourth-order valence-corrected chi connectivity index (χ4v) is 5.41. The number of amides is 1. The number of aromatic amines is 2. The number of benzene rings is 1. The molecule has 190 valence electrons. The number of rotatable bonds is 5. The zero-order valence-corrected chi connectivity index (χ0v) is 22.4. The van der Waals surface area contributed by atoms with E-state index in [9.17, 15) is 4.79 Å². The number of nitrogens with one attached hydrogen (secondary N) is 3. The molecule has 0 atom stereocenters. The summed E-state index contributed by atoms with van der Waals surface area (Å²) in [5.74, 6) is 0.646. The van der Waals surface area contributed by atoms with Crippen LogP contribution in [0.4, 0.5) is 5.69 Å². The third-order valence-corrected chi connectivity index (χ3v) is 7.27. The van der Waals surface area contributed by atoms with Crippen molar-refractivity contribution >= 4 is 44.9 Å². The maximum Gasteiger partial charge on any atom is 0.224 e. The number of carbonyl (C=O) groups is 1. The molecular formula is C29H27N7OS. The van der Waals surface area contributed by atoms with Crippen LogP contribution >= 0.6 is 11.3 Å². The van der Waals surface area contributed by atoms with Gasteiger partial charge in [-0.2, -0.15) is 5.10 Å². The summed E-state index contributed by atoms with van der Waals surface area (Å²) in [6.07, 6.45) is 7.55. The number of nitrogens with zero attached hydrogens (tertiary/aromatic N) is 4. The van der Waals surface area contributed by atoms with Crippen molar-refractivity contribution in [1.29, 1.82) is 0 Å². The minimum Gasteiger partial charge on any atom is -0.335 e. The molecule has 9 heteroatoms. The van der Waals surface area contributed by atoms with Gasteiger partial charge in [0.15, 0.2) is 5.82 Å². The molecule has 6 rings (SSSR count). The number of pyridine rings is 2. The van der Waals surface area contributed by atoms with E-state index in [2.05, 4.69) is 55.6 Å². The van der Waals surface area contributed by atoms with Gasteiger partial charge in [0.1, 0.15) is 11.2 Å². The van der Waals surface area contributed by atoms with E-state index in [1.54, 1.807) is 29.9 Å². The molecular weight excluding hydrogens is 494 g/mol. The highest BCUT2D eigenvalue weighted by Crippen LogP contribution is 2.35. The van der Waals surface area contributed by atoms with Crippen LogP contribution in [0, 0.1) is 12.3 Å². The van der Waals surface area contributed by atoms with Crippen molar-refractivity contribution < 1.29 is 4.79 Å². The average molecular weight is 522 g/mol. The van der Waals surface area contributed by atoms with Crippen molar-refractivity contribution in [2.75, 3.05) is 5.32 Å². The first kappa shape index (κ1) is 24.0. The zero-order valence-electron chi connectivity index (χ0n) is 21.6. The van der Waals surface area contributed by atoms with Gasteiger partial charge in [-0.05, 0) is 48.2 Å². The van der Waals surface area contributed by atoms with Gasteiger partial charge in [-0.25, -0.2) is 4.98 Å². The van der Waals surface area contributed by atoms with Crippen molar-refractivity contribution in [3.8, 4) is 33.1 Å². The van der Waals surface area contributed by atoms with Gasteiger partial charge in [-0.15, -0.1) is 11.3 Å². The lowest BCUT2D eigenvalue weighted by atomic mass is 9.92. The maximum absolute atomic E-state index is 12.4. The Morgan fingerprint density at radius 3 is 2.61 bits per heavy atom. The molecule has 6 aromatic rings. The number of hydrogen-bond acceptors (Lipinski definition) is 6. The molecule has 0 bridgehead atoms. The van der Waals surface area contributed by atoms with Crippen molar-refractivity contribution in [3.63, 3.8) is 0 Å². The number of thiophene rings is 1. The Hall–Kier alpha value is -4.37. The van der Waals surface area contributed by atoms with Crippen LogP contribution in [-0.4, -0.2) is 36.0 Å². The van der Waals surface area contributed by atoms with Crippen molar-refractivity contribution in [2.24, 2.45) is 5.41 Å². The third-order valence-electron chi connectivity index (χ3n) is 6.23. The highest BCUT2D eigenvalue weighted by Gasteiger charge is 2.18.